The van der Waals surface area contributed by atoms with Crippen molar-refractivity contribution in [1.29, 1.82) is 0 Å². The van der Waals surface area contributed by atoms with Gasteiger partial charge in [-0.3, -0.25) is 0 Å². The van der Waals surface area contributed by atoms with Crippen molar-refractivity contribution in [3.63, 3.8) is 0 Å². The molecule has 4 atom stereocenters. The molecule has 19 heavy (non-hydrogen) atoms. The minimum atomic E-state index is 0.336. The molecule has 3 heteroatoms. The maximum atomic E-state index is 6.18. The third kappa shape index (κ3) is 4.73. The molecule has 112 valence electrons. The average molecular weight is 269 g/mol. The van der Waals surface area contributed by atoms with E-state index in [2.05, 4.69) is 19.2 Å². The summed E-state index contributed by atoms with van der Waals surface area (Å²) < 4.78 is 12.2. The molecule has 1 N–H and O–H groups in total. The minimum absolute atomic E-state index is 0.336. The Hall–Kier alpha value is -0.120. The van der Waals surface area contributed by atoms with Crippen LogP contribution in [0.4, 0.5) is 0 Å². The van der Waals surface area contributed by atoms with E-state index in [1.807, 2.05) is 0 Å². The Morgan fingerprint density at radius 2 is 1.84 bits per heavy atom. The summed E-state index contributed by atoms with van der Waals surface area (Å²) in [6.45, 7) is 7.27. The van der Waals surface area contributed by atoms with Gasteiger partial charge in [-0.15, -0.1) is 0 Å². The van der Waals surface area contributed by atoms with Crippen LogP contribution in [0.15, 0.2) is 0 Å². The number of hydrogen-bond donors (Lipinski definition) is 1. The van der Waals surface area contributed by atoms with Crippen molar-refractivity contribution < 1.29 is 9.47 Å². The largest absolute Gasteiger partial charge is 0.375 e. The Bertz CT molecular complexity index is 247. The first-order valence-electron chi connectivity index (χ1n) is 8.31. The van der Waals surface area contributed by atoms with Gasteiger partial charge in [-0.2, -0.15) is 0 Å². The van der Waals surface area contributed by atoms with E-state index >= 15 is 0 Å². The van der Waals surface area contributed by atoms with Gasteiger partial charge in [-0.1, -0.05) is 33.1 Å². The molecule has 1 heterocycles. The van der Waals surface area contributed by atoms with Crippen molar-refractivity contribution >= 4 is 0 Å². The molecule has 0 spiro atoms. The fraction of sp³-hybridized carbons (Fsp3) is 1.00. The van der Waals surface area contributed by atoms with Crippen molar-refractivity contribution in [2.45, 2.75) is 77.1 Å². The highest BCUT2D eigenvalue weighted by Gasteiger charge is 2.28. The predicted octanol–water partition coefficient (Wildman–Crippen LogP) is 3.13. The summed E-state index contributed by atoms with van der Waals surface area (Å²) in [6.07, 6.45) is 10.2. The summed E-state index contributed by atoms with van der Waals surface area (Å²) in [4.78, 5) is 0. The van der Waals surface area contributed by atoms with Gasteiger partial charge in [0.05, 0.1) is 24.9 Å². The summed E-state index contributed by atoms with van der Waals surface area (Å²) in [5.74, 6) is 0.785. The van der Waals surface area contributed by atoms with Crippen LogP contribution in [0.1, 0.15) is 58.8 Å². The van der Waals surface area contributed by atoms with Crippen molar-refractivity contribution in [1.82, 2.24) is 5.32 Å². The Morgan fingerprint density at radius 1 is 1.05 bits per heavy atom. The number of rotatable bonds is 7. The number of nitrogens with one attached hydrogen (secondary N) is 1. The second kappa shape index (κ2) is 8.23. The fourth-order valence-corrected chi connectivity index (χ4v) is 3.45. The number of ether oxygens (including phenoxy) is 2. The first-order chi connectivity index (χ1) is 9.33. The Labute approximate surface area is 118 Å². The van der Waals surface area contributed by atoms with E-state index in [9.17, 15) is 0 Å². The molecule has 0 aromatic rings. The zero-order valence-corrected chi connectivity index (χ0v) is 12.7. The molecule has 1 saturated carbocycles. The van der Waals surface area contributed by atoms with E-state index in [0.717, 1.165) is 25.6 Å². The Balaban J connectivity index is 1.65. The van der Waals surface area contributed by atoms with Gasteiger partial charge < -0.3 is 14.8 Å². The molecule has 2 aliphatic rings. The van der Waals surface area contributed by atoms with E-state index in [-0.39, 0.29) is 0 Å². The topological polar surface area (TPSA) is 30.5 Å². The lowest BCUT2D eigenvalue weighted by Gasteiger charge is -2.31. The van der Waals surface area contributed by atoms with E-state index in [0.29, 0.717) is 18.3 Å². The van der Waals surface area contributed by atoms with Crippen molar-refractivity contribution in [3.8, 4) is 0 Å². The molecule has 0 amide bonds. The molecule has 2 fully saturated rings. The van der Waals surface area contributed by atoms with Crippen molar-refractivity contribution in [3.05, 3.63) is 0 Å². The van der Waals surface area contributed by atoms with Crippen LogP contribution in [-0.4, -0.2) is 38.0 Å². The van der Waals surface area contributed by atoms with Gasteiger partial charge in [0.25, 0.3) is 0 Å². The average Bonchev–Trinajstić information content (AvgIpc) is 2.91. The molecule has 0 bridgehead atoms. The van der Waals surface area contributed by atoms with E-state index in [1.165, 1.54) is 44.9 Å². The first-order valence-corrected chi connectivity index (χ1v) is 8.31. The van der Waals surface area contributed by atoms with Crippen LogP contribution in [0, 0.1) is 5.92 Å². The molecule has 1 aliphatic carbocycles. The lowest BCUT2D eigenvalue weighted by Crippen LogP contribution is -2.31. The predicted molar refractivity (Wildman–Crippen MR) is 78.4 cm³/mol. The zero-order chi connectivity index (χ0) is 13.5. The maximum Gasteiger partial charge on any atom is 0.0814 e. The van der Waals surface area contributed by atoms with Crippen LogP contribution in [0.25, 0.3) is 0 Å². The van der Waals surface area contributed by atoms with E-state index in [1.54, 1.807) is 0 Å². The lowest BCUT2D eigenvalue weighted by atomic mass is 9.85. The minimum Gasteiger partial charge on any atom is -0.375 e. The highest BCUT2D eigenvalue weighted by atomic mass is 16.5. The van der Waals surface area contributed by atoms with Gasteiger partial charge in [0.15, 0.2) is 0 Å². The smallest absolute Gasteiger partial charge is 0.0814 e. The third-order valence-electron chi connectivity index (χ3n) is 4.68. The fourth-order valence-electron chi connectivity index (χ4n) is 3.45. The van der Waals surface area contributed by atoms with Crippen molar-refractivity contribution in [2.75, 3.05) is 19.7 Å². The molecule has 0 radical (unpaired) electrons. The summed E-state index contributed by atoms with van der Waals surface area (Å²) in [7, 11) is 0. The third-order valence-corrected chi connectivity index (χ3v) is 4.68. The molecule has 2 rings (SSSR count). The Kier molecular flexibility index (Phi) is 6.62. The van der Waals surface area contributed by atoms with E-state index in [4.69, 9.17) is 9.47 Å². The lowest BCUT2D eigenvalue weighted by molar-refractivity contribution is -0.0686. The SMILES string of the molecule is CCNCC1CCC(COC2CCCCC2CC)O1. The van der Waals surface area contributed by atoms with Crippen LogP contribution < -0.4 is 5.32 Å². The second-order valence-electron chi connectivity index (χ2n) is 6.09. The number of likely N-dealkylation sites (N-methyl/N-ethyl adjacent to an activating group) is 1. The van der Waals surface area contributed by atoms with Crippen LogP contribution in [0.3, 0.4) is 0 Å². The van der Waals surface area contributed by atoms with Crippen molar-refractivity contribution in [2.24, 2.45) is 5.92 Å². The highest BCUT2D eigenvalue weighted by Crippen LogP contribution is 2.30. The van der Waals surface area contributed by atoms with Crippen LogP contribution in [-0.2, 0) is 9.47 Å². The standard InChI is InChI=1S/C16H31NO2/c1-3-13-7-5-6-8-16(13)18-12-15-10-9-14(19-15)11-17-4-2/h13-17H,3-12H2,1-2H3. The highest BCUT2D eigenvalue weighted by molar-refractivity contribution is 4.78. The summed E-state index contributed by atoms with van der Waals surface area (Å²) in [6, 6.07) is 0. The van der Waals surface area contributed by atoms with Crippen LogP contribution >= 0.6 is 0 Å². The summed E-state index contributed by atoms with van der Waals surface area (Å²) >= 11 is 0. The van der Waals surface area contributed by atoms with Gasteiger partial charge in [-0.05, 0) is 38.1 Å². The van der Waals surface area contributed by atoms with Gasteiger partial charge in [0.2, 0.25) is 0 Å². The molecule has 1 aliphatic heterocycles. The second-order valence-corrected chi connectivity index (χ2v) is 6.09. The Morgan fingerprint density at radius 3 is 2.63 bits per heavy atom. The maximum absolute atomic E-state index is 6.18. The van der Waals surface area contributed by atoms with Gasteiger partial charge in [0.1, 0.15) is 0 Å². The summed E-state index contributed by atoms with van der Waals surface area (Å²) in [5.41, 5.74) is 0. The van der Waals surface area contributed by atoms with Crippen LogP contribution in [0.5, 0.6) is 0 Å². The molecule has 1 saturated heterocycles. The molecule has 4 unspecified atom stereocenters. The van der Waals surface area contributed by atoms with Gasteiger partial charge in [0, 0.05) is 6.54 Å². The number of hydrogen-bond acceptors (Lipinski definition) is 3. The first kappa shape index (κ1) is 15.3. The van der Waals surface area contributed by atoms with Crippen LogP contribution in [0.2, 0.25) is 0 Å². The van der Waals surface area contributed by atoms with E-state index < -0.39 is 0 Å². The molecule has 0 aromatic carbocycles. The monoisotopic (exact) mass is 269 g/mol. The molecular formula is C16H31NO2. The summed E-state index contributed by atoms with van der Waals surface area (Å²) in [5, 5.41) is 3.37. The molecule has 3 nitrogen and oxygen atoms in total. The molecule has 0 aromatic heterocycles. The zero-order valence-electron chi connectivity index (χ0n) is 12.7. The van der Waals surface area contributed by atoms with Gasteiger partial charge >= 0.3 is 0 Å². The normalized spacial score (nSPS) is 35.7. The van der Waals surface area contributed by atoms with Gasteiger partial charge in [-0.25, -0.2) is 0 Å². The molecular weight excluding hydrogens is 238 g/mol. The quantitative estimate of drug-likeness (QED) is 0.770.